The Morgan fingerprint density at radius 2 is 1.93 bits per heavy atom. The molecule has 9 nitrogen and oxygen atoms in total. The van der Waals surface area contributed by atoms with Gasteiger partial charge in [0, 0.05) is 17.2 Å². The number of amides is 2. The summed E-state index contributed by atoms with van der Waals surface area (Å²) < 4.78 is 1.83. The Bertz CT molecular complexity index is 1170. The molecule has 0 atom stereocenters. The summed E-state index contributed by atoms with van der Waals surface area (Å²) in [4.78, 5) is 31.4. The summed E-state index contributed by atoms with van der Waals surface area (Å²) in [5, 5.41) is 8.28. The second kappa shape index (κ2) is 7.24. The van der Waals surface area contributed by atoms with E-state index in [2.05, 4.69) is 27.1 Å². The summed E-state index contributed by atoms with van der Waals surface area (Å²) in [6.45, 7) is 1.63. The molecular formula is C20H19N7O2. The molecule has 2 aromatic heterocycles. The van der Waals surface area contributed by atoms with Gasteiger partial charge in [0.15, 0.2) is 5.65 Å². The molecule has 2 heterocycles. The summed E-state index contributed by atoms with van der Waals surface area (Å²) in [7, 11) is 0. The van der Waals surface area contributed by atoms with Crippen LogP contribution in [-0.2, 0) is 4.79 Å². The van der Waals surface area contributed by atoms with Gasteiger partial charge in [-0.3, -0.25) is 9.59 Å². The lowest BCUT2D eigenvalue weighted by Crippen LogP contribution is -2.44. The third kappa shape index (κ3) is 3.36. The van der Waals surface area contributed by atoms with Gasteiger partial charge in [0.05, 0.1) is 11.4 Å². The molecule has 4 rings (SSSR count). The Labute approximate surface area is 166 Å². The van der Waals surface area contributed by atoms with E-state index in [9.17, 15) is 9.59 Å². The van der Waals surface area contributed by atoms with Crippen molar-refractivity contribution in [2.45, 2.75) is 31.8 Å². The molecule has 9 heteroatoms. The van der Waals surface area contributed by atoms with Gasteiger partial charge in [0.2, 0.25) is 5.91 Å². The van der Waals surface area contributed by atoms with Crippen LogP contribution in [0.2, 0.25) is 0 Å². The van der Waals surface area contributed by atoms with Crippen molar-refractivity contribution in [3.63, 3.8) is 0 Å². The maximum atomic E-state index is 11.6. The van der Waals surface area contributed by atoms with E-state index in [4.69, 9.17) is 16.6 Å². The van der Waals surface area contributed by atoms with E-state index in [-0.39, 0.29) is 18.0 Å². The molecule has 1 saturated carbocycles. The van der Waals surface area contributed by atoms with Crippen LogP contribution in [0.25, 0.3) is 22.3 Å². The maximum absolute atomic E-state index is 11.6. The van der Waals surface area contributed by atoms with E-state index in [1.807, 2.05) is 4.68 Å². The molecule has 146 valence electrons. The quantitative estimate of drug-likeness (QED) is 0.569. The lowest BCUT2D eigenvalue weighted by atomic mass is 9.87. The van der Waals surface area contributed by atoms with Crippen molar-refractivity contribution in [2.24, 2.45) is 5.73 Å². The number of benzene rings is 1. The van der Waals surface area contributed by atoms with Gasteiger partial charge in [0.1, 0.15) is 17.8 Å². The highest BCUT2D eigenvalue weighted by molar-refractivity contribution is 5.99. The average Bonchev–Trinajstić information content (AvgIpc) is 3.05. The first-order valence-corrected chi connectivity index (χ1v) is 9.10. The van der Waals surface area contributed by atoms with Gasteiger partial charge in [-0.15, -0.1) is 0 Å². The first kappa shape index (κ1) is 18.4. The number of nitrogen functional groups attached to an aromatic ring is 1. The molecule has 0 saturated heterocycles. The fourth-order valence-electron chi connectivity index (χ4n) is 3.48. The van der Waals surface area contributed by atoms with E-state index in [1.165, 1.54) is 6.33 Å². The highest BCUT2D eigenvalue weighted by atomic mass is 16.1. The van der Waals surface area contributed by atoms with E-state index < -0.39 is 5.91 Å². The van der Waals surface area contributed by atoms with Crippen LogP contribution in [0.3, 0.4) is 0 Å². The van der Waals surface area contributed by atoms with Crippen molar-refractivity contribution in [3.8, 4) is 23.1 Å². The largest absolute Gasteiger partial charge is 0.383 e. The Hall–Kier alpha value is -3.93. The molecule has 0 radical (unpaired) electrons. The van der Waals surface area contributed by atoms with Crippen molar-refractivity contribution in [2.75, 3.05) is 5.73 Å². The number of carbonyl (C=O) groups is 2. The molecule has 2 amide bonds. The second-order valence-corrected chi connectivity index (χ2v) is 6.86. The number of anilines is 1. The smallest absolute Gasteiger partial charge is 0.296 e. The fourth-order valence-corrected chi connectivity index (χ4v) is 3.48. The van der Waals surface area contributed by atoms with Crippen molar-refractivity contribution >= 4 is 28.7 Å². The van der Waals surface area contributed by atoms with Crippen LogP contribution < -0.4 is 16.8 Å². The van der Waals surface area contributed by atoms with E-state index in [1.54, 1.807) is 31.2 Å². The molecule has 0 spiro atoms. The van der Waals surface area contributed by atoms with Crippen molar-refractivity contribution in [1.29, 1.82) is 0 Å². The topological polar surface area (TPSA) is 142 Å². The van der Waals surface area contributed by atoms with Gasteiger partial charge in [0.25, 0.3) is 5.91 Å². The van der Waals surface area contributed by atoms with Gasteiger partial charge in [-0.2, -0.15) is 5.10 Å². The predicted octanol–water partition coefficient (Wildman–Crippen LogP) is 1.02. The van der Waals surface area contributed by atoms with E-state index in [0.717, 1.165) is 18.4 Å². The fraction of sp³-hybridized carbons (Fsp3) is 0.250. The molecule has 1 fully saturated rings. The highest BCUT2D eigenvalue weighted by Gasteiger charge is 2.34. The normalized spacial score (nSPS) is 17.8. The number of primary amides is 1. The number of hydrogen-bond acceptors (Lipinski definition) is 6. The number of aromatic nitrogens is 4. The minimum Gasteiger partial charge on any atom is -0.383 e. The lowest BCUT2D eigenvalue weighted by Gasteiger charge is -2.35. The Morgan fingerprint density at radius 3 is 2.59 bits per heavy atom. The number of hydrogen-bond donors (Lipinski definition) is 3. The average molecular weight is 389 g/mol. The van der Waals surface area contributed by atoms with Gasteiger partial charge in [-0.05, 0) is 37.8 Å². The first-order chi connectivity index (χ1) is 14.0. The molecular weight excluding hydrogens is 370 g/mol. The van der Waals surface area contributed by atoms with Gasteiger partial charge in [-0.1, -0.05) is 18.1 Å². The molecule has 0 bridgehead atoms. The minimum absolute atomic E-state index is 0.0464. The van der Waals surface area contributed by atoms with Crippen LogP contribution in [-0.4, -0.2) is 37.6 Å². The van der Waals surface area contributed by atoms with Crippen LogP contribution in [0.1, 0.15) is 36.2 Å². The zero-order chi connectivity index (χ0) is 20.5. The molecule has 1 aliphatic carbocycles. The zero-order valence-electron chi connectivity index (χ0n) is 15.7. The first-order valence-electron chi connectivity index (χ1n) is 9.10. The van der Waals surface area contributed by atoms with Crippen LogP contribution in [0.4, 0.5) is 5.82 Å². The highest BCUT2D eigenvalue weighted by Crippen LogP contribution is 2.38. The minimum atomic E-state index is -0.495. The molecule has 5 N–H and O–H groups in total. The summed E-state index contributed by atoms with van der Waals surface area (Å²) in [6.07, 6.45) is 2.85. The van der Waals surface area contributed by atoms with Crippen molar-refractivity contribution in [1.82, 2.24) is 25.1 Å². The number of nitrogens with one attached hydrogen (secondary N) is 1. The number of rotatable bonds is 4. The molecule has 29 heavy (non-hydrogen) atoms. The van der Waals surface area contributed by atoms with Gasteiger partial charge in [-0.25, -0.2) is 14.6 Å². The van der Waals surface area contributed by atoms with Gasteiger partial charge >= 0.3 is 0 Å². The molecule has 0 unspecified atom stereocenters. The number of fused-ring (bicyclic) bond motifs is 1. The predicted molar refractivity (Wildman–Crippen MR) is 107 cm³/mol. The standard InChI is InChI=1S/C20H19N7O2/c1-2-3-15(28)25-13-8-14(9-13)27-20-16(18(21)23-10-24-20)17(26-27)11-4-6-12(7-5-11)19(22)29/h4-7,10,13-14H,8-9H2,1H3,(H2,22,29)(H,25,28)(H2,21,23,24). The third-order valence-corrected chi connectivity index (χ3v) is 4.99. The van der Waals surface area contributed by atoms with Crippen LogP contribution in [0.5, 0.6) is 0 Å². The second-order valence-electron chi connectivity index (χ2n) is 6.86. The summed E-state index contributed by atoms with van der Waals surface area (Å²) in [5.41, 5.74) is 13.9. The molecule has 1 aromatic carbocycles. The van der Waals surface area contributed by atoms with Crippen LogP contribution >= 0.6 is 0 Å². The lowest BCUT2D eigenvalue weighted by molar-refractivity contribution is -0.117. The summed E-state index contributed by atoms with van der Waals surface area (Å²) in [6, 6.07) is 6.95. The number of nitrogens with two attached hydrogens (primary N) is 2. The van der Waals surface area contributed by atoms with E-state index in [0.29, 0.717) is 28.1 Å². The maximum Gasteiger partial charge on any atom is 0.296 e. The number of carbonyl (C=O) groups excluding carboxylic acids is 2. The summed E-state index contributed by atoms with van der Waals surface area (Å²) >= 11 is 0. The molecule has 3 aromatic rings. The van der Waals surface area contributed by atoms with Crippen LogP contribution in [0, 0.1) is 11.8 Å². The Morgan fingerprint density at radius 1 is 1.21 bits per heavy atom. The van der Waals surface area contributed by atoms with Crippen molar-refractivity contribution < 1.29 is 9.59 Å². The Kier molecular flexibility index (Phi) is 4.60. The number of nitrogens with zero attached hydrogens (tertiary/aromatic N) is 4. The third-order valence-electron chi connectivity index (χ3n) is 4.99. The molecule has 1 aliphatic rings. The molecule has 0 aliphatic heterocycles. The Balaban J connectivity index is 1.66. The van der Waals surface area contributed by atoms with Crippen molar-refractivity contribution in [3.05, 3.63) is 36.2 Å². The van der Waals surface area contributed by atoms with Gasteiger partial charge < -0.3 is 16.8 Å². The summed E-state index contributed by atoms with van der Waals surface area (Å²) in [5.74, 6) is 4.63. The zero-order valence-corrected chi connectivity index (χ0v) is 15.7. The SMILES string of the molecule is CC#CC(=O)NC1CC(n2nc(-c3ccc(C(N)=O)cc3)c3c(N)ncnc32)C1. The monoisotopic (exact) mass is 389 g/mol. The van der Waals surface area contributed by atoms with E-state index >= 15 is 0 Å². The van der Waals surface area contributed by atoms with Crippen LogP contribution in [0.15, 0.2) is 30.6 Å².